The molecule has 1 N–H and O–H groups in total. The highest BCUT2D eigenvalue weighted by Gasteiger charge is 2.06. The number of anilines is 1. The normalized spacial score (nSPS) is 10.1. The summed E-state index contributed by atoms with van der Waals surface area (Å²) < 4.78 is 0. The van der Waals surface area contributed by atoms with E-state index in [-0.39, 0.29) is 5.91 Å². The molecule has 0 aliphatic carbocycles. The number of aromatic nitrogens is 1. The van der Waals surface area contributed by atoms with Crippen molar-refractivity contribution in [2.45, 2.75) is 20.3 Å². The van der Waals surface area contributed by atoms with Crippen molar-refractivity contribution in [2.24, 2.45) is 0 Å². The van der Waals surface area contributed by atoms with Gasteiger partial charge in [0.1, 0.15) is 0 Å². The van der Waals surface area contributed by atoms with Crippen LogP contribution in [0.1, 0.15) is 16.7 Å². The first-order valence-corrected chi connectivity index (χ1v) is 5.91. The lowest BCUT2D eigenvalue weighted by Crippen LogP contribution is -2.15. The highest BCUT2D eigenvalue weighted by molar-refractivity contribution is 5.92. The molecule has 3 nitrogen and oxygen atoms in total. The van der Waals surface area contributed by atoms with Gasteiger partial charge in [-0.2, -0.15) is 0 Å². The molecular formula is C15H16N2O. The Hall–Kier alpha value is -2.16. The molecule has 92 valence electrons. The highest BCUT2D eigenvalue weighted by Crippen LogP contribution is 2.11. The molecule has 2 aromatic rings. The summed E-state index contributed by atoms with van der Waals surface area (Å²) in [6, 6.07) is 9.81. The van der Waals surface area contributed by atoms with E-state index >= 15 is 0 Å². The van der Waals surface area contributed by atoms with Crippen molar-refractivity contribution in [1.82, 2.24) is 4.98 Å². The molecule has 0 fully saturated rings. The third-order valence-corrected chi connectivity index (χ3v) is 2.77. The van der Waals surface area contributed by atoms with Gasteiger partial charge in [0.2, 0.25) is 5.91 Å². The van der Waals surface area contributed by atoms with Gasteiger partial charge in [0.25, 0.3) is 0 Å². The van der Waals surface area contributed by atoms with Crippen LogP contribution in [0, 0.1) is 13.8 Å². The number of benzene rings is 1. The molecule has 2 rings (SSSR count). The molecule has 1 aromatic carbocycles. The van der Waals surface area contributed by atoms with E-state index in [1.54, 1.807) is 12.4 Å². The number of carbonyl (C=O) groups is 1. The second kappa shape index (κ2) is 5.45. The smallest absolute Gasteiger partial charge is 0.228 e. The van der Waals surface area contributed by atoms with Crippen LogP contribution in [0.15, 0.2) is 42.7 Å². The molecule has 0 spiro atoms. The molecule has 0 atom stereocenters. The minimum Gasteiger partial charge on any atom is -0.324 e. The monoisotopic (exact) mass is 240 g/mol. The third kappa shape index (κ3) is 3.17. The van der Waals surface area contributed by atoms with E-state index < -0.39 is 0 Å². The fraction of sp³-hybridized carbons (Fsp3) is 0.200. The van der Waals surface area contributed by atoms with Gasteiger partial charge in [0.05, 0.1) is 18.3 Å². The Balaban J connectivity index is 2.03. The molecule has 1 heterocycles. The maximum Gasteiger partial charge on any atom is 0.228 e. The average molecular weight is 240 g/mol. The van der Waals surface area contributed by atoms with Gasteiger partial charge in [0, 0.05) is 6.20 Å². The lowest BCUT2D eigenvalue weighted by Gasteiger charge is -2.07. The van der Waals surface area contributed by atoms with Gasteiger partial charge in [-0.3, -0.25) is 9.78 Å². The molecule has 1 amide bonds. The summed E-state index contributed by atoms with van der Waals surface area (Å²) in [6.07, 6.45) is 3.81. The number of hydrogen-bond acceptors (Lipinski definition) is 2. The fourth-order valence-corrected chi connectivity index (χ4v) is 1.81. The molecular weight excluding hydrogens is 224 g/mol. The summed E-state index contributed by atoms with van der Waals surface area (Å²) in [5, 5.41) is 2.86. The van der Waals surface area contributed by atoms with Crippen LogP contribution in [0.5, 0.6) is 0 Å². The van der Waals surface area contributed by atoms with E-state index in [0.717, 1.165) is 22.4 Å². The maximum absolute atomic E-state index is 11.9. The largest absolute Gasteiger partial charge is 0.324 e. The number of hydrogen-bond donors (Lipinski definition) is 1. The summed E-state index contributed by atoms with van der Waals surface area (Å²) in [5.74, 6) is -0.0169. The van der Waals surface area contributed by atoms with E-state index in [0.29, 0.717) is 6.42 Å². The molecule has 0 aliphatic heterocycles. The van der Waals surface area contributed by atoms with Crippen molar-refractivity contribution in [3.05, 3.63) is 59.4 Å². The van der Waals surface area contributed by atoms with Gasteiger partial charge in [-0.1, -0.05) is 24.3 Å². The first-order chi connectivity index (χ1) is 8.65. The van der Waals surface area contributed by atoms with Crippen molar-refractivity contribution in [3.63, 3.8) is 0 Å². The Labute approximate surface area is 107 Å². The predicted octanol–water partition coefficient (Wildman–Crippen LogP) is 2.88. The topological polar surface area (TPSA) is 42.0 Å². The van der Waals surface area contributed by atoms with Crippen molar-refractivity contribution < 1.29 is 4.79 Å². The molecule has 1 aromatic heterocycles. The molecule has 18 heavy (non-hydrogen) atoms. The first kappa shape index (κ1) is 12.3. The van der Waals surface area contributed by atoms with E-state index in [1.165, 1.54) is 0 Å². The standard InChI is InChI=1S/C15H16N2O/c1-11-7-14(10-16-9-11)17-15(18)8-13-6-4-3-5-12(13)2/h3-7,9-10H,8H2,1-2H3,(H,17,18). The van der Waals surface area contributed by atoms with Gasteiger partial charge in [-0.05, 0) is 36.6 Å². The van der Waals surface area contributed by atoms with Crippen LogP contribution < -0.4 is 5.32 Å². The highest BCUT2D eigenvalue weighted by atomic mass is 16.1. The van der Waals surface area contributed by atoms with Gasteiger partial charge in [-0.15, -0.1) is 0 Å². The molecule has 0 aliphatic rings. The van der Waals surface area contributed by atoms with Gasteiger partial charge in [-0.25, -0.2) is 0 Å². The van der Waals surface area contributed by atoms with Gasteiger partial charge >= 0.3 is 0 Å². The molecule has 0 bridgehead atoms. The van der Waals surface area contributed by atoms with Crippen LogP contribution in [-0.2, 0) is 11.2 Å². The SMILES string of the molecule is Cc1cncc(NC(=O)Cc2ccccc2C)c1. The zero-order valence-electron chi connectivity index (χ0n) is 10.6. The summed E-state index contributed by atoms with van der Waals surface area (Å²) in [7, 11) is 0. The van der Waals surface area contributed by atoms with Gasteiger partial charge < -0.3 is 5.32 Å². The number of nitrogens with one attached hydrogen (secondary N) is 1. The Morgan fingerprint density at radius 3 is 2.72 bits per heavy atom. The van der Waals surface area contributed by atoms with Crippen molar-refractivity contribution in [1.29, 1.82) is 0 Å². The second-order valence-electron chi connectivity index (χ2n) is 4.40. The van der Waals surface area contributed by atoms with Crippen LogP contribution in [0.3, 0.4) is 0 Å². The van der Waals surface area contributed by atoms with E-state index in [4.69, 9.17) is 0 Å². The van der Waals surface area contributed by atoms with E-state index in [2.05, 4.69) is 10.3 Å². The summed E-state index contributed by atoms with van der Waals surface area (Å²) in [5.41, 5.74) is 3.96. The number of amides is 1. The van der Waals surface area contributed by atoms with E-state index in [1.807, 2.05) is 44.2 Å². The second-order valence-corrected chi connectivity index (χ2v) is 4.40. The zero-order chi connectivity index (χ0) is 13.0. The Morgan fingerprint density at radius 2 is 2.00 bits per heavy atom. The van der Waals surface area contributed by atoms with Crippen molar-refractivity contribution in [2.75, 3.05) is 5.32 Å². The zero-order valence-corrected chi connectivity index (χ0v) is 10.6. The molecule has 3 heteroatoms. The van der Waals surface area contributed by atoms with Crippen LogP contribution in [0.4, 0.5) is 5.69 Å². The first-order valence-electron chi connectivity index (χ1n) is 5.91. The summed E-state index contributed by atoms with van der Waals surface area (Å²) in [6.45, 7) is 3.96. The van der Waals surface area contributed by atoms with Crippen LogP contribution in [0.2, 0.25) is 0 Å². The maximum atomic E-state index is 11.9. The fourth-order valence-electron chi connectivity index (χ4n) is 1.81. The Kier molecular flexibility index (Phi) is 3.72. The molecule has 0 saturated carbocycles. The lowest BCUT2D eigenvalue weighted by atomic mass is 10.1. The Bertz CT molecular complexity index is 564. The predicted molar refractivity (Wildman–Crippen MR) is 72.5 cm³/mol. The van der Waals surface area contributed by atoms with Crippen molar-refractivity contribution in [3.8, 4) is 0 Å². The minimum absolute atomic E-state index is 0.0169. The van der Waals surface area contributed by atoms with Crippen molar-refractivity contribution >= 4 is 11.6 Å². The number of carbonyl (C=O) groups excluding carboxylic acids is 1. The quantitative estimate of drug-likeness (QED) is 0.896. The number of rotatable bonds is 3. The molecule has 0 radical (unpaired) electrons. The molecule has 0 unspecified atom stereocenters. The lowest BCUT2D eigenvalue weighted by molar-refractivity contribution is -0.115. The minimum atomic E-state index is -0.0169. The Morgan fingerprint density at radius 1 is 1.22 bits per heavy atom. The summed E-state index contributed by atoms with van der Waals surface area (Å²) >= 11 is 0. The van der Waals surface area contributed by atoms with Crippen LogP contribution in [0.25, 0.3) is 0 Å². The van der Waals surface area contributed by atoms with Gasteiger partial charge in [0.15, 0.2) is 0 Å². The third-order valence-electron chi connectivity index (χ3n) is 2.77. The molecule has 0 saturated heterocycles. The van der Waals surface area contributed by atoms with Crippen LogP contribution >= 0.6 is 0 Å². The number of aryl methyl sites for hydroxylation is 2. The number of nitrogens with zero attached hydrogens (tertiary/aromatic N) is 1. The van der Waals surface area contributed by atoms with Crippen LogP contribution in [-0.4, -0.2) is 10.9 Å². The average Bonchev–Trinajstić information content (AvgIpc) is 2.32. The van der Waals surface area contributed by atoms with E-state index in [9.17, 15) is 4.79 Å². The summed E-state index contributed by atoms with van der Waals surface area (Å²) in [4.78, 5) is 16.0. The number of pyridine rings is 1.